The van der Waals surface area contributed by atoms with Crippen LogP contribution in [0.25, 0.3) is 0 Å². The molecule has 0 saturated heterocycles. The highest BCUT2D eigenvalue weighted by Crippen LogP contribution is 2.37. The van der Waals surface area contributed by atoms with Gasteiger partial charge in [0.15, 0.2) is 0 Å². The number of amides is 2. The largest absolute Gasteiger partial charge is 0.349 e. The SMILES string of the molecule is CC1(C)C(=O)Nc2ccc(C(=O)NC3CCCCC3)cc21. The Morgan fingerprint density at radius 1 is 1.24 bits per heavy atom. The lowest BCUT2D eigenvalue weighted by Crippen LogP contribution is -2.36. The second kappa shape index (κ2) is 5.17. The Morgan fingerprint density at radius 2 is 1.95 bits per heavy atom. The van der Waals surface area contributed by atoms with Crippen molar-refractivity contribution >= 4 is 17.5 Å². The molecular formula is C17H22N2O2. The zero-order valence-electron chi connectivity index (χ0n) is 12.7. The number of fused-ring (bicyclic) bond motifs is 1. The fourth-order valence-electron chi connectivity index (χ4n) is 3.23. The maximum atomic E-state index is 12.4. The lowest BCUT2D eigenvalue weighted by Gasteiger charge is -2.23. The molecule has 4 nitrogen and oxygen atoms in total. The molecule has 0 bridgehead atoms. The smallest absolute Gasteiger partial charge is 0.251 e. The molecular weight excluding hydrogens is 264 g/mol. The van der Waals surface area contributed by atoms with Crippen molar-refractivity contribution in [1.82, 2.24) is 5.32 Å². The number of hydrogen-bond donors (Lipinski definition) is 2. The number of anilines is 1. The highest BCUT2D eigenvalue weighted by molar-refractivity contribution is 6.07. The zero-order chi connectivity index (χ0) is 15.0. The molecule has 2 N–H and O–H groups in total. The normalized spacial score (nSPS) is 20.8. The zero-order valence-corrected chi connectivity index (χ0v) is 12.7. The minimum absolute atomic E-state index is 0.0117. The third kappa shape index (κ3) is 2.55. The third-order valence-electron chi connectivity index (χ3n) is 4.71. The molecule has 2 aliphatic rings. The van der Waals surface area contributed by atoms with Crippen LogP contribution < -0.4 is 10.6 Å². The Morgan fingerprint density at radius 3 is 2.67 bits per heavy atom. The van der Waals surface area contributed by atoms with E-state index in [1.54, 1.807) is 6.07 Å². The van der Waals surface area contributed by atoms with Gasteiger partial charge in [0, 0.05) is 17.3 Å². The van der Waals surface area contributed by atoms with Gasteiger partial charge in [-0.2, -0.15) is 0 Å². The van der Waals surface area contributed by atoms with Gasteiger partial charge >= 0.3 is 0 Å². The van der Waals surface area contributed by atoms with Crippen molar-refractivity contribution in [3.63, 3.8) is 0 Å². The van der Waals surface area contributed by atoms with Gasteiger partial charge in [0.05, 0.1) is 5.41 Å². The van der Waals surface area contributed by atoms with Gasteiger partial charge in [-0.1, -0.05) is 19.3 Å². The van der Waals surface area contributed by atoms with Crippen molar-refractivity contribution in [1.29, 1.82) is 0 Å². The second-order valence-electron chi connectivity index (χ2n) is 6.65. The molecule has 0 unspecified atom stereocenters. The Labute approximate surface area is 125 Å². The van der Waals surface area contributed by atoms with E-state index >= 15 is 0 Å². The van der Waals surface area contributed by atoms with Crippen LogP contribution in [0, 0.1) is 0 Å². The Bertz CT molecular complexity index is 586. The summed E-state index contributed by atoms with van der Waals surface area (Å²) in [6.07, 6.45) is 5.80. The average Bonchev–Trinajstić information content (AvgIpc) is 2.70. The molecule has 4 heteroatoms. The van der Waals surface area contributed by atoms with E-state index in [4.69, 9.17) is 0 Å². The van der Waals surface area contributed by atoms with E-state index < -0.39 is 5.41 Å². The second-order valence-corrected chi connectivity index (χ2v) is 6.65. The number of hydrogen-bond acceptors (Lipinski definition) is 2. The maximum absolute atomic E-state index is 12.4. The van der Waals surface area contributed by atoms with E-state index in [9.17, 15) is 9.59 Å². The summed E-state index contributed by atoms with van der Waals surface area (Å²) >= 11 is 0. The Kier molecular flexibility index (Phi) is 3.47. The minimum atomic E-state index is -0.573. The maximum Gasteiger partial charge on any atom is 0.251 e. The molecule has 21 heavy (non-hydrogen) atoms. The van der Waals surface area contributed by atoms with E-state index in [1.165, 1.54) is 19.3 Å². The molecule has 0 radical (unpaired) electrons. The summed E-state index contributed by atoms with van der Waals surface area (Å²) in [6.45, 7) is 3.77. The van der Waals surface area contributed by atoms with E-state index in [-0.39, 0.29) is 11.8 Å². The van der Waals surface area contributed by atoms with Crippen LogP contribution in [-0.4, -0.2) is 17.9 Å². The van der Waals surface area contributed by atoms with Crippen LogP contribution in [0.5, 0.6) is 0 Å². The van der Waals surface area contributed by atoms with Gasteiger partial charge in [-0.25, -0.2) is 0 Å². The molecule has 1 heterocycles. The van der Waals surface area contributed by atoms with Crippen LogP contribution >= 0.6 is 0 Å². The topological polar surface area (TPSA) is 58.2 Å². The van der Waals surface area contributed by atoms with Gasteiger partial charge in [0.25, 0.3) is 5.91 Å². The fourth-order valence-corrected chi connectivity index (χ4v) is 3.23. The molecule has 2 amide bonds. The lowest BCUT2D eigenvalue weighted by molar-refractivity contribution is -0.119. The summed E-state index contributed by atoms with van der Waals surface area (Å²) in [5.74, 6) is -0.0396. The lowest BCUT2D eigenvalue weighted by atomic mass is 9.85. The van der Waals surface area contributed by atoms with Crippen molar-refractivity contribution in [2.24, 2.45) is 0 Å². The van der Waals surface area contributed by atoms with Gasteiger partial charge in [0.2, 0.25) is 5.91 Å². The van der Waals surface area contributed by atoms with E-state index in [0.717, 1.165) is 24.1 Å². The number of nitrogens with one attached hydrogen (secondary N) is 2. The van der Waals surface area contributed by atoms with Crippen molar-refractivity contribution in [3.05, 3.63) is 29.3 Å². The quantitative estimate of drug-likeness (QED) is 0.878. The highest BCUT2D eigenvalue weighted by atomic mass is 16.2. The van der Waals surface area contributed by atoms with Crippen LogP contribution in [0.3, 0.4) is 0 Å². The van der Waals surface area contributed by atoms with Crippen LogP contribution in [0.2, 0.25) is 0 Å². The summed E-state index contributed by atoms with van der Waals surface area (Å²) < 4.78 is 0. The standard InChI is InChI=1S/C17H22N2O2/c1-17(2)13-10-11(8-9-14(13)19-16(17)21)15(20)18-12-6-4-3-5-7-12/h8-10,12H,3-7H2,1-2H3,(H,18,20)(H,19,21). The van der Waals surface area contributed by atoms with Crippen molar-refractivity contribution in [2.75, 3.05) is 5.32 Å². The molecule has 1 aliphatic heterocycles. The Balaban J connectivity index is 1.79. The van der Waals surface area contributed by atoms with Crippen molar-refractivity contribution in [2.45, 2.75) is 57.4 Å². The predicted octanol–water partition coefficient (Wildman–Crippen LogP) is 2.98. The van der Waals surface area contributed by atoms with Crippen LogP contribution in [0.1, 0.15) is 61.9 Å². The first-order chi connectivity index (χ1) is 9.98. The van der Waals surface area contributed by atoms with Crippen LogP contribution in [0.4, 0.5) is 5.69 Å². The first-order valence-electron chi connectivity index (χ1n) is 7.75. The fraction of sp³-hybridized carbons (Fsp3) is 0.529. The van der Waals surface area contributed by atoms with Gasteiger partial charge < -0.3 is 10.6 Å². The molecule has 1 aliphatic carbocycles. The molecule has 3 rings (SSSR count). The number of rotatable bonds is 2. The molecule has 0 aromatic heterocycles. The number of benzene rings is 1. The summed E-state index contributed by atoms with van der Waals surface area (Å²) in [6, 6.07) is 5.77. The molecule has 1 aromatic rings. The van der Waals surface area contributed by atoms with Crippen LogP contribution in [0.15, 0.2) is 18.2 Å². The molecule has 1 fully saturated rings. The third-order valence-corrected chi connectivity index (χ3v) is 4.71. The van der Waals surface area contributed by atoms with Crippen molar-refractivity contribution in [3.8, 4) is 0 Å². The first kappa shape index (κ1) is 14.1. The summed E-state index contributed by atoms with van der Waals surface area (Å²) in [4.78, 5) is 24.3. The van der Waals surface area contributed by atoms with E-state index in [1.807, 2.05) is 26.0 Å². The number of carbonyl (C=O) groups excluding carboxylic acids is 2. The molecule has 0 spiro atoms. The van der Waals surface area contributed by atoms with Crippen LogP contribution in [-0.2, 0) is 10.2 Å². The van der Waals surface area contributed by atoms with E-state index in [0.29, 0.717) is 11.6 Å². The van der Waals surface area contributed by atoms with Gasteiger partial charge in [0.1, 0.15) is 0 Å². The van der Waals surface area contributed by atoms with Gasteiger partial charge in [-0.05, 0) is 50.5 Å². The highest BCUT2D eigenvalue weighted by Gasteiger charge is 2.38. The van der Waals surface area contributed by atoms with E-state index in [2.05, 4.69) is 10.6 Å². The van der Waals surface area contributed by atoms with Gasteiger partial charge in [-0.15, -0.1) is 0 Å². The summed E-state index contributed by atoms with van der Waals surface area (Å²) in [5.41, 5.74) is 1.79. The summed E-state index contributed by atoms with van der Waals surface area (Å²) in [7, 11) is 0. The predicted molar refractivity (Wildman–Crippen MR) is 82.4 cm³/mol. The molecule has 1 saturated carbocycles. The molecule has 0 atom stereocenters. The van der Waals surface area contributed by atoms with Gasteiger partial charge in [-0.3, -0.25) is 9.59 Å². The molecule has 1 aromatic carbocycles. The van der Waals surface area contributed by atoms with Crippen molar-refractivity contribution < 1.29 is 9.59 Å². The Hall–Kier alpha value is -1.84. The molecule has 112 valence electrons. The monoisotopic (exact) mass is 286 g/mol. The average molecular weight is 286 g/mol. The minimum Gasteiger partial charge on any atom is -0.349 e. The number of carbonyl (C=O) groups is 2. The first-order valence-corrected chi connectivity index (χ1v) is 7.75. The summed E-state index contributed by atoms with van der Waals surface area (Å²) in [5, 5.41) is 5.99.